The van der Waals surface area contributed by atoms with Gasteiger partial charge in [-0.1, -0.05) is 30.3 Å². The number of imidazole rings is 1. The number of benzene rings is 1. The Bertz CT molecular complexity index is 542. The zero-order valence-electron chi connectivity index (χ0n) is 10.7. The molecule has 0 aliphatic rings. The van der Waals surface area contributed by atoms with Crippen molar-refractivity contribution < 1.29 is 0 Å². The van der Waals surface area contributed by atoms with Crippen LogP contribution in [0.1, 0.15) is 29.4 Å². The van der Waals surface area contributed by atoms with Gasteiger partial charge in [-0.3, -0.25) is 5.41 Å². The highest BCUT2D eigenvalue weighted by molar-refractivity contribution is 5.77. The monoisotopic (exact) mass is 242 g/mol. The lowest BCUT2D eigenvalue weighted by Crippen LogP contribution is -2.20. The van der Waals surface area contributed by atoms with Crippen molar-refractivity contribution >= 4 is 5.84 Å². The van der Waals surface area contributed by atoms with E-state index in [-0.39, 0.29) is 11.9 Å². The maximum atomic E-state index is 7.54. The zero-order valence-corrected chi connectivity index (χ0v) is 10.7. The summed E-state index contributed by atoms with van der Waals surface area (Å²) in [6.45, 7) is 4.03. The van der Waals surface area contributed by atoms with Crippen molar-refractivity contribution in [1.82, 2.24) is 9.55 Å². The van der Waals surface area contributed by atoms with Gasteiger partial charge in [-0.2, -0.15) is 0 Å². The second-order valence-corrected chi connectivity index (χ2v) is 4.48. The van der Waals surface area contributed by atoms with Gasteiger partial charge in [0.15, 0.2) is 0 Å². The molecule has 94 valence electrons. The third kappa shape index (κ3) is 2.42. The second-order valence-electron chi connectivity index (χ2n) is 4.48. The molecule has 3 N–H and O–H groups in total. The number of nitrogens with two attached hydrogens (primary N) is 1. The SMILES string of the molecule is Cc1ncn(C(CC(=N)N)c2ccccc2)c1C. The van der Waals surface area contributed by atoms with E-state index in [2.05, 4.69) is 21.7 Å². The van der Waals surface area contributed by atoms with Crippen LogP contribution in [-0.4, -0.2) is 15.4 Å². The number of hydrogen-bond donors (Lipinski definition) is 2. The largest absolute Gasteiger partial charge is 0.388 e. The van der Waals surface area contributed by atoms with Gasteiger partial charge in [0.05, 0.1) is 23.9 Å². The minimum absolute atomic E-state index is 0.0462. The van der Waals surface area contributed by atoms with Crippen LogP contribution in [0.5, 0.6) is 0 Å². The number of aryl methyl sites for hydroxylation is 1. The average molecular weight is 242 g/mol. The van der Waals surface area contributed by atoms with Gasteiger partial charge in [-0.15, -0.1) is 0 Å². The molecule has 0 bridgehead atoms. The fourth-order valence-corrected chi connectivity index (χ4v) is 2.09. The second kappa shape index (κ2) is 5.04. The molecule has 0 amide bonds. The van der Waals surface area contributed by atoms with Crippen LogP contribution in [0.3, 0.4) is 0 Å². The molecule has 4 nitrogen and oxygen atoms in total. The van der Waals surface area contributed by atoms with E-state index in [1.807, 2.05) is 38.4 Å². The van der Waals surface area contributed by atoms with Crippen molar-refractivity contribution in [2.75, 3.05) is 0 Å². The molecule has 1 unspecified atom stereocenters. The van der Waals surface area contributed by atoms with E-state index < -0.39 is 0 Å². The fraction of sp³-hybridized carbons (Fsp3) is 0.286. The number of rotatable bonds is 4. The highest BCUT2D eigenvalue weighted by Gasteiger charge is 2.17. The third-order valence-corrected chi connectivity index (χ3v) is 3.22. The van der Waals surface area contributed by atoms with Gasteiger partial charge in [-0.25, -0.2) is 4.98 Å². The Hall–Kier alpha value is -2.10. The first-order chi connectivity index (χ1) is 8.59. The van der Waals surface area contributed by atoms with Crippen molar-refractivity contribution in [2.24, 2.45) is 5.73 Å². The Labute approximate surface area is 107 Å². The highest BCUT2D eigenvalue weighted by atomic mass is 15.1. The first-order valence-electron chi connectivity index (χ1n) is 5.97. The molecular weight excluding hydrogens is 224 g/mol. The predicted octanol–water partition coefficient (Wildman–Crippen LogP) is 2.42. The number of nitrogens with zero attached hydrogens (tertiary/aromatic N) is 2. The fourth-order valence-electron chi connectivity index (χ4n) is 2.09. The Balaban J connectivity index is 2.43. The average Bonchev–Trinajstić information content (AvgIpc) is 2.68. The molecule has 0 aliphatic carbocycles. The molecule has 18 heavy (non-hydrogen) atoms. The number of aromatic nitrogens is 2. The summed E-state index contributed by atoms with van der Waals surface area (Å²) in [5.74, 6) is 0.189. The van der Waals surface area contributed by atoms with Crippen LogP contribution >= 0.6 is 0 Å². The van der Waals surface area contributed by atoms with Gasteiger partial charge in [0.1, 0.15) is 0 Å². The summed E-state index contributed by atoms with van der Waals surface area (Å²) in [7, 11) is 0. The molecule has 0 aliphatic heterocycles. The molecule has 4 heteroatoms. The van der Waals surface area contributed by atoms with E-state index >= 15 is 0 Å². The molecule has 0 saturated carbocycles. The van der Waals surface area contributed by atoms with Gasteiger partial charge >= 0.3 is 0 Å². The van der Waals surface area contributed by atoms with Gasteiger partial charge < -0.3 is 10.3 Å². The van der Waals surface area contributed by atoms with Gasteiger partial charge in [-0.05, 0) is 19.4 Å². The summed E-state index contributed by atoms with van der Waals surface area (Å²) >= 11 is 0. The summed E-state index contributed by atoms with van der Waals surface area (Å²) in [5, 5.41) is 7.54. The van der Waals surface area contributed by atoms with Gasteiger partial charge in [0, 0.05) is 12.1 Å². The molecule has 0 spiro atoms. The first kappa shape index (κ1) is 12.4. The Kier molecular flexibility index (Phi) is 3.46. The van der Waals surface area contributed by atoms with Crippen molar-refractivity contribution in [3.05, 3.63) is 53.6 Å². The summed E-state index contributed by atoms with van der Waals surface area (Å²) in [6, 6.07) is 10.2. The van der Waals surface area contributed by atoms with E-state index in [9.17, 15) is 0 Å². The van der Waals surface area contributed by atoms with E-state index in [1.54, 1.807) is 0 Å². The van der Waals surface area contributed by atoms with E-state index in [0.717, 1.165) is 17.0 Å². The van der Waals surface area contributed by atoms with Crippen LogP contribution in [-0.2, 0) is 0 Å². The van der Waals surface area contributed by atoms with Crippen molar-refractivity contribution in [2.45, 2.75) is 26.3 Å². The minimum atomic E-state index is 0.0462. The smallest absolute Gasteiger partial charge is 0.0957 e. The molecule has 2 aromatic rings. The van der Waals surface area contributed by atoms with Crippen molar-refractivity contribution in [1.29, 1.82) is 5.41 Å². The normalized spacial score (nSPS) is 12.3. The molecule has 1 heterocycles. The van der Waals surface area contributed by atoms with Crippen molar-refractivity contribution in [3.8, 4) is 0 Å². The van der Waals surface area contributed by atoms with Crippen LogP contribution in [0, 0.1) is 19.3 Å². The van der Waals surface area contributed by atoms with Crippen LogP contribution in [0.25, 0.3) is 0 Å². The van der Waals surface area contributed by atoms with Crippen molar-refractivity contribution in [3.63, 3.8) is 0 Å². The molecule has 0 fully saturated rings. The maximum Gasteiger partial charge on any atom is 0.0957 e. The Morgan fingerprint density at radius 1 is 1.33 bits per heavy atom. The molecular formula is C14H18N4. The lowest BCUT2D eigenvalue weighted by Gasteiger charge is -2.20. The maximum absolute atomic E-state index is 7.54. The number of nitrogens with one attached hydrogen (secondary N) is 1. The summed E-state index contributed by atoms with van der Waals surface area (Å²) < 4.78 is 2.09. The molecule has 0 saturated heterocycles. The quantitative estimate of drug-likeness (QED) is 0.638. The summed E-state index contributed by atoms with van der Waals surface area (Å²) in [4.78, 5) is 4.32. The van der Waals surface area contributed by atoms with Gasteiger partial charge in [0.2, 0.25) is 0 Å². The standard InChI is InChI=1S/C14H18N4/c1-10-11(2)18(9-17-10)13(8-14(15)16)12-6-4-3-5-7-12/h3-7,9,13H,8H2,1-2H3,(H3,15,16). The number of hydrogen-bond acceptors (Lipinski definition) is 2. The first-order valence-corrected chi connectivity index (χ1v) is 5.97. The Morgan fingerprint density at radius 3 is 2.50 bits per heavy atom. The molecule has 1 aromatic carbocycles. The molecule has 2 rings (SSSR count). The number of amidine groups is 1. The van der Waals surface area contributed by atoms with Crippen LogP contribution in [0.15, 0.2) is 36.7 Å². The van der Waals surface area contributed by atoms with E-state index in [1.165, 1.54) is 0 Å². The van der Waals surface area contributed by atoms with E-state index in [4.69, 9.17) is 11.1 Å². The Morgan fingerprint density at radius 2 is 2.00 bits per heavy atom. The lowest BCUT2D eigenvalue weighted by molar-refractivity contribution is 0.587. The predicted molar refractivity (Wildman–Crippen MR) is 72.8 cm³/mol. The lowest BCUT2D eigenvalue weighted by atomic mass is 10.0. The van der Waals surface area contributed by atoms with Gasteiger partial charge in [0.25, 0.3) is 0 Å². The molecule has 1 aromatic heterocycles. The third-order valence-electron chi connectivity index (χ3n) is 3.22. The summed E-state index contributed by atoms with van der Waals surface area (Å²) in [6.07, 6.45) is 2.33. The topological polar surface area (TPSA) is 67.7 Å². The van der Waals surface area contributed by atoms with Crippen LogP contribution in [0.2, 0.25) is 0 Å². The molecule has 1 atom stereocenters. The van der Waals surface area contributed by atoms with Crippen LogP contribution in [0.4, 0.5) is 0 Å². The van der Waals surface area contributed by atoms with E-state index in [0.29, 0.717) is 6.42 Å². The zero-order chi connectivity index (χ0) is 13.1. The minimum Gasteiger partial charge on any atom is -0.388 e. The van der Waals surface area contributed by atoms with Crippen LogP contribution < -0.4 is 5.73 Å². The highest BCUT2D eigenvalue weighted by Crippen LogP contribution is 2.24. The summed E-state index contributed by atoms with van der Waals surface area (Å²) in [5.41, 5.74) is 8.85. The molecule has 0 radical (unpaired) electrons.